The van der Waals surface area contributed by atoms with Gasteiger partial charge in [0.25, 0.3) is 0 Å². The third-order valence-corrected chi connectivity index (χ3v) is 3.07. The number of ether oxygens (including phenoxy) is 1. The van der Waals surface area contributed by atoms with Gasteiger partial charge < -0.3 is 9.84 Å². The van der Waals surface area contributed by atoms with E-state index in [9.17, 15) is 0 Å². The average molecular weight is 256 g/mol. The first-order valence-electron chi connectivity index (χ1n) is 6.64. The van der Waals surface area contributed by atoms with Crippen LogP contribution >= 0.6 is 0 Å². The largest absolute Gasteiger partial charge is 0.489 e. The number of aliphatic hydroxyl groups excluding tert-OH is 1. The van der Waals surface area contributed by atoms with E-state index in [1.54, 1.807) is 0 Å². The molecule has 0 aliphatic carbocycles. The summed E-state index contributed by atoms with van der Waals surface area (Å²) in [5.41, 5.74) is 2.40. The molecule has 0 saturated heterocycles. The van der Waals surface area contributed by atoms with Crippen molar-refractivity contribution in [3.8, 4) is 5.75 Å². The Morgan fingerprint density at radius 2 is 1.63 bits per heavy atom. The van der Waals surface area contributed by atoms with E-state index in [1.165, 1.54) is 11.1 Å². The fourth-order valence-corrected chi connectivity index (χ4v) is 1.93. The lowest BCUT2D eigenvalue weighted by atomic mass is 10.0. The molecule has 0 saturated carbocycles. The molecule has 2 rings (SSSR count). The number of rotatable bonds is 6. The summed E-state index contributed by atoms with van der Waals surface area (Å²) < 4.78 is 5.73. The Hall–Kier alpha value is -1.80. The maximum absolute atomic E-state index is 9.04. The molecule has 0 bridgehead atoms. The summed E-state index contributed by atoms with van der Waals surface area (Å²) in [7, 11) is 0. The van der Waals surface area contributed by atoms with Gasteiger partial charge in [0.05, 0.1) is 0 Å². The van der Waals surface area contributed by atoms with Crippen molar-refractivity contribution in [3.63, 3.8) is 0 Å². The van der Waals surface area contributed by atoms with Crippen LogP contribution in [0.4, 0.5) is 0 Å². The molecule has 2 nitrogen and oxygen atoms in total. The lowest BCUT2D eigenvalue weighted by Crippen LogP contribution is -2.04. The molecule has 0 heterocycles. The fraction of sp³-hybridized carbons (Fsp3) is 0.294. The summed E-state index contributed by atoms with van der Waals surface area (Å²) in [6, 6.07) is 18.2. The highest BCUT2D eigenvalue weighted by molar-refractivity contribution is 5.28. The standard InChI is InChI=1S/C17H20O2/c1-14(12-18)11-15-7-9-17(10-8-15)19-13-16-5-3-2-4-6-16/h2-10,14,18H,11-13H2,1H3. The Kier molecular flexibility index (Phi) is 4.99. The average Bonchev–Trinajstić information content (AvgIpc) is 2.47. The van der Waals surface area contributed by atoms with Gasteiger partial charge in [-0.3, -0.25) is 0 Å². The first-order chi connectivity index (χ1) is 9.28. The normalized spacial score (nSPS) is 12.1. The predicted octanol–water partition coefficient (Wildman–Crippen LogP) is 3.44. The van der Waals surface area contributed by atoms with Gasteiger partial charge in [0.1, 0.15) is 12.4 Å². The Labute approximate surface area is 114 Å². The van der Waals surface area contributed by atoms with Gasteiger partial charge in [-0.05, 0) is 35.6 Å². The van der Waals surface area contributed by atoms with Crippen molar-refractivity contribution in [1.82, 2.24) is 0 Å². The summed E-state index contributed by atoms with van der Waals surface area (Å²) in [4.78, 5) is 0. The molecular weight excluding hydrogens is 236 g/mol. The van der Waals surface area contributed by atoms with Crippen LogP contribution in [0.25, 0.3) is 0 Å². The number of benzene rings is 2. The van der Waals surface area contributed by atoms with Crippen LogP contribution < -0.4 is 4.74 Å². The van der Waals surface area contributed by atoms with Crippen molar-refractivity contribution in [3.05, 3.63) is 65.7 Å². The molecule has 100 valence electrons. The monoisotopic (exact) mass is 256 g/mol. The van der Waals surface area contributed by atoms with Gasteiger partial charge in [0, 0.05) is 6.61 Å². The zero-order chi connectivity index (χ0) is 13.5. The van der Waals surface area contributed by atoms with Crippen LogP contribution in [0, 0.1) is 5.92 Å². The highest BCUT2D eigenvalue weighted by Gasteiger charge is 2.02. The van der Waals surface area contributed by atoms with Crippen molar-refractivity contribution in [2.45, 2.75) is 20.0 Å². The fourth-order valence-electron chi connectivity index (χ4n) is 1.93. The molecule has 1 N–H and O–H groups in total. The first-order valence-corrected chi connectivity index (χ1v) is 6.64. The van der Waals surface area contributed by atoms with Crippen molar-refractivity contribution in [2.75, 3.05) is 6.61 Å². The summed E-state index contributed by atoms with van der Waals surface area (Å²) in [6.45, 7) is 2.86. The van der Waals surface area contributed by atoms with Gasteiger partial charge in [0.15, 0.2) is 0 Å². The molecule has 0 aliphatic heterocycles. The van der Waals surface area contributed by atoms with E-state index < -0.39 is 0 Å². The van der Waals surface area contributed by atoms with E-state index in [2.05, 4.69) is 24.3 Å². The lowest BCUT2D eigenvalue weighted by molar-refractivity contribution is 0.237. The summed E-state index contributed by atoms with van der Waals surface area (Å²) in [5.74, 6) is 1.18. The maximum Gasteiger partial charge on any atom is 0.119 e. The van der Waals surface area contributed by atoms with Crippen LogP contribution in [0.3, 0.4) is 0 Å². The Morgan fingerprint density at radius 1 is 0.947 bits per heavy atom. The second kappa shape index (κ2) is 6.95. The molecule has 2 heteroatoms. The Bertz CT molecular complexity index is 476. The minimum atomic E-state index is 0.228. The Morgan fingerprint density at radius 3 is 2.26 bits per heavy atom. The molecule has 0 radical (unpaired) electrons. The first kappa shape index (κ1) is 13.6. The zero-order valence-corrected chi connectivity index (χ0v) is 11.3. The second-order valence-electron chi connectivity index (χ2n) is 4.91. The third-order valence-electron chi connectivity index (χ3n) is 3.07. The van der Waals surface area contributed by atoms with E-state index in [-0.39, 0.29) is 6.61 Å². The van der Waals surface area contributed by atoms with Crippen molar-refractivity contribution in [1.29, 1.82) is 0 Å². The zero-order valence-electron chi connectivity index (χ0n) is 11.3. The summed E-state index contributed by atoms with van der Waals surface area (Å²) in [6.07, 6.45) is 0.898. The van der Waals surface area contributed by atoms with E-state index in [1.807, 2.05) is 37.3 Å². The van der Waals surface area contributed by atoms with E-state index in [4.69, 9.17) is 9.84 Å². The summed E-state index contributed by atoms with van der Waals surface area (Å²) >= 11 is 0. The quantitative estimate of drug-likeness (QED) is 0.858. The predicted molar refractivity (Wildman–Crippen MR) is 77.2 cm³/mol. The molecule has 2 aromatic carbocycles. The van der Waals surface area contributed by atoms with Gasteiger partial charge in [0.2, 0.25) is 0 Å². The Balaban J connectivity index is 1.88. The lowest BCUT2D eigenvalue weighted by Gasteiger charge is -2.09. The minimum absolute atomic E-state index is 0.228. The molecule has 2 aromatic rings. The van der Waals surface area contributed by atoms with Gasteiger partial charge in [-0.1, -0.05) is 49.4 Å². The number of aliphatic hydroxyl groups is 1. The minimum Gasteiger partial charge on any atom is -0.489 e. The smallest absolute Gasteiger partial charge is 0.119 e. The van der Waals surface area contributed by atoms with Crippen molar-refractivity contribution < 1.29 is 9.84 Å². The topological polar surface area (TPSA) is 29.5 Å². The SMILES string of the molecule is CC(CO)Cc1ccc(OCc2ccccc2)cc1. The number of hydrogen-bond donors (Lipinski definition) is 1. The molecular formula is C17H20O2. The van der Waals surface area contributed by atoms with E-state index >= 15 is 0 Å². The van der Waals surface area contributed by atoms with Gasteiger partial charge >= 0.3 is 0 Å². The van der Waals surface area contributed by atoms with Crippen LogP contribution in [0.15, 0.2) is 54.6 Å². The van der Waals surface area contributed by atoms with Crippen molar-refractivity contribution >= 4 is 0 Å². The van der Waals surface area contributed by atoms with Crippen LogP contribution in [0.1, 0.15) is 18.1 Å². The molecule has 0 fully saturated rings. The number of hydrogen-bond acceptors (Lipinski definition) is 2. The van der Waals surface area contributed by atoms with E-state index in [0.717, 1.165) is 12.2 Å². The maximum atomic E-state index is 9.04. The molecule has 0 aliphatic rings. The van der Waals surface area contributed by atoms with Crippen LogP contribution in [-0.2, 0) is 13.0 Å². The molecule has 19 heavy (non-hydrogen) atoms. The molecule has 0 amide bonds. The molecule has 1 unspecified atom stereocenters. The van der Waals surface area contributed by atoms with Gasteiger partial charge in [-0.25, -0.2) is 0 Å². The van der Waals surface area contributed by atoms with Crippen molar-refractivity contribution in [2.24, 2.45) is 5.92 Å². The highest BCUT2D eigenvalue weighted by Crippen LogP contribution is 2.16. The van der Waals surface area contributed by atoms with Crippen LogP contribution in [0.2, 0.25) is 0 Å². The van der Waals surface area contributed by atoms with Crippen LogP contribution in [0.5, 0.6) is 5.75 Å². The van der Waals surface area contributed by atoms with Gasteiger partial charge in [-0.2, -0.15) is 0 Å². The molecule has 1 atom stereocenters. The molecule has 0 spiro atoms. The highest BCUT2D eigenvalue weighted by atomic mass is 16.5. The van der Waals surface area contributed by atoms with E-state index in [0.29, 0.717) is 12.5 Å². The van der Waals surface area contributed by atoms with Gasteiger partial charge in [-0.15, -0.1) is 0 Å². The third kappa shape index (κ3) is 4.42. The summed E-state index contributed by atoms with van der Waals surface area (Å²) in [5, 5.41) is 9.04. The molecule has 0 aromatic heterocycles. The second-order valence-corrected chi connectivity index (χ2v) is 4.91. The van der Waals surface area contributed by atoms with Crippen LogP contribution in [-0.4, -0.2) is 11.7 Å².